The van der Waals surface area contributed by atoms with E-state index >= 15 is 0 Å². The van der Waals surface area contributed by atoms with Crippen LogP contribution < -0.4 is 11.4 Å². The highest BCUT2D eigenvalue weighted by Gasteiger charge is 2.57. The molecular weight excluding hydrogens is 530 g/mol. The summed E-state index contributed by atoms with van der Waals surface area (Å²) in [5, 5.41) is 10.3. The fourth-order valence-corrected chi connectivity index (χ4v) is 5.93. The number of nitrogen functional groups attached to an aromatic ring is 1. The van der Waals surface area contributed by atoms with Crippen LogP contribution in [0.5, 0.6) is 0 Å². The van der Waals surface area contributed by atoms with Gasteiger partial charge in [-0.3, -0.25) is 9.09 Å². The van der Waals surface area contributed by atoms with Crippen molar-refractivity contribution in [2.24, 2.45) is 0 Å². The predicted octanol–water partition coefficient (Wildman–Crippen LogP) is -0.317. The monoisotopic (exact) mass is 547 g/mol. The van der Waals surface area contributed by atoms with Gasteiger partial charge in [0.1, 0.15) is 17.5 Å². The predicted molar refractivity (Wildman–Crippen MR) is 102 cm³/mol. The van der Waals surface area contributed by atoms with Crippen LogP contribution >= 0.6 is 35.1 Å². The molecule has 1 aromatic heterocycles. The van der Waals surface area contributed by atoms with E-state index in [-0.39, 0.29) is 11.4 Å². The Bertz CT molecular complexity index is 1070. The van der Waals surface area contributed by atoms with E-state index in [1.54, 1.807) is 0 Å². The molecule has 7 N–H and O–H groups in total. The van der Waals surface area contributed by atoms with Gasteiger partial charge in [-0.15, -0.1) is 11.6 Å². The van der Waals surface area contributed by atoms with Gasteiger partial charge in [-0.05, 0) is 6.92 Å². The largest absolute Gasteiger partial charge is 0.490 e. The topological polar surface area (TPSA) is 250 Å². The second-order valence-corrected chi connectivity index (χ2v) is 11.1. The van der Waals surface area contributed by atoms with Gasteiger partial charge in [-0.1, -0.05) is 0 Å². The molecule has 21 heteroatoms. The van der Waals surface area contributed by atoms with E-state index in [0.717, 1.165) is 6.20 Å². The first-order valence-electron chi connectivity index (χ1n) is 8.11. The number of phosphoric ester groups is 1. The van der Waals surface area contributed by atoms with Gasteiger partial charge in [-0.2, -0.15) is 13.6 Å². The summed E-state index contributed by atoms with van der Waals surface area (Å²) in [7, 11) is -17.0. The Balaban J connectivity index is 2.24. The first-order valence-corrected chi connectivity index (χ1v) is 13.2. The molecule has 184 valence electrons. The Morgan fingerprint density at radius 1 is 1.28 bits per heavy atom. The molecule has 6 atom stereocenters. The van der Waals surface area contributed by atoms with Crippen LogP contribution in [0, 0.1) is 6.92 Å². The number of halogens is 2. The van der Waals surface area contributed by atoms with E-state index in [1.807, 2.05) is 0 Å². The van der Waals surface area contributed by atoms with Crippen LogP contribution in [0.1, 0.15) is 11.8 Å². The molecule has 1 saturated heterocycles. The van der Waals surface area contributed by atoms with Crippen LogP contribution in [0.3, 0.4) is 0 Å². The van der Waals surface area contributed by atoms with Crippen LogP contribution in [0.2, 0.25) is 0 Å². The molecule has 1 aliphatic heterocycles. The summed E-state index contributed by atoms with van der Waals surface area (Å²) >= 11 is 5.72. The molecule has 0 aromatic carbocycles. The number of nitrogens with two attached hydrogens (primary N) is 1. The SMILES string of the molecule is Cc1cn([C@@H]2O[C@](CCl)(COP(=O)(O)OP(=O)(O)OP(=O)(O)O)[C@H](O)[C@@H]2F)c(=O)nc1N. The summed E-state index contributed by atoms with van der Waals surface area (Å²) in [5.74, 6) is -0.923. The van der Waals surface area contributed by atoms with Gasteiger partial charge in [0.25, 0.3) is 0 Å². The zero-order valence-corrected chi connectivity index (χ0v) is 19.2. The molecule has 0 amide bonds. The fourth-order valence-electron chi connectivity index (χ4n) is 2.56. The number of anilines is 1. The number of ether oxygens (including phenoxy) is 1. The number of hydrogen-bond acceptors (Lipinski definition) is 11. The number of alkyl halides is 2. The maximum Gasteiger partial charge on any atom is 0.490 e. The van der Waals surface area contributed by atoms with Gasteiger partial charge in [-0.25, -0.2) is 22.9 Å². The van der Waals surface area contributed by atoms with Crippen molar-refractivity contribution in [2.75, 3.05) is 18.2 Å². The highest BCUT2D eigenvalue weighted by atomic mass is 35.5. The molecule has 0 saturated carbocycles. The first kappa shape index (κ1) is 27.5. The normalized spacial score (nSPS) is 30.1. The van der Waals surface area contributed by atoms with Gasteiger partial charge in [0, 0.05) is 11.8 Å². The molecular formula is C11H18ClFN3O13P3. The number of nitrogens with zero attached hydrogens (tertiary/aromatic N) is 2. The molecule has 0 aliphatic carbocycles. The minimum absolute atomic E-state index is 0.142. The lowest BCUT2D eigenvalue weighted by Gasteiger charge is -2.30. The highest BCUT2D eigenvalue weighted by molar-refractivity contribution is 7.66. The Labute approximate surface area is 183 Å². The van der Waals surface area contributed by atoms with Gasteiger partial charge >= 0.3 is 29.2 Å². The number of hydrogen-bond donors (Lipinski definition) is 6. The number of aliphatic hydroxyl groups is 1. The lowest BCUT2D eigenvalue weighted by Crippen LogP contribution is -2.47. The van der Waals surface area contributed by atoms with Crippen molar-refractivity contribution in [3.63, 3.8) is 0 Å². The summed E-state index contributed by atoms with van der Waals surface area (Å²) in [6.07, 6.45) is -5.23. The number of aliphatic hydroxyl groups excluding tert-OH is 1. The molecule has 1 aromatic rings. The summed E-state index contributed by atoms with van der Waals surface area (Å²) < 4.78 is 66.1. The van der Waals surface area contributed by atoms with Crippen LogP contribution in [0.15, 0.2) is 11.0 Å². The minimum atomic E-state index is -5.81. The van der Waals surface area contributed by atoms with Crippen molar-refractivity contribution in [3.8, 4) is 0 Å². The Hall–Kier alpha value is -0.770. The smallest absolute Gasteiger partial charge is 0.387 e. The quantitative estimate of drug-likeness (QED) is 0.171. The maximum absolute atomic E-state index is 14.8. The molecule has 1 aliphatic rings. The maximum atomic E-state index is 14.8. The van der Waals surface area contributed by atoms with Crippen LogP contribution in [0.4, 0.5) is 10.2 Å². The van der Waals surface area contributed by atoms with E-state index in [9.17, 15) is 32.9 Å². The number of aromatic nitrogens is 2. The highest BCUT2D eigenvalue weighted by Crippen LogP contribution is 2.66. The van der Waals surface area contributed by atoms with Gasteiger partial charge in [0.15, 0.2) is 12.4 Å². The Kier molecular flexibility index (Phi) is 8.13. The minimum Gasteiger partial charge on any atom is -0.387 e. The van der Waals surface area contributed by atoms with Crippen molar-refractivity contribution < 1.29 is 60.6 Å². The second kappa shape index (κ2) is 9.47. The second-order valence-electron chi connectivity index (χ2n) is 6.46. The third-order valence-corrected chi connectivity index (χ3v) is 8.27. The average molecular weight is 548 g/mol. The average Bonchev–Trinajstić information content (AvgIpc) is 2.85. The van der Waals surface area contributed by atoms with E-state index in [1.165, 1.54) is 6.92 Å². The van der Waals surface area contributed by atoms with Crippen molar-refractivity contribution in [1.29, 1.82) is 0 Å². The van der Waals surface area contributed by atoms with Crippen molar-refractivity contribution in [3.05, 3.63) is 22.2 Å². The van der Waals surface area contributed by atoms with Crippen LogP contribution in [0.25, 0.3) is 0 Å². The summed E-state index contributed by atoms with van der Waals surface area (Å²) in [6, 6.07) is 0. The number of phosphoric acid groups is 3. The summed E-state index contributed by atoms with van der Waals surface area (Å²) in [6.45, 7) is 0.204. The van der Waals surface area contributed by atoms with Gasteiger partial charge < -0.3 is 35.2 Å². The van der Waals surface area contributed by atoms with Gasteiger partial charge in [0.2, 0.25) is 0 Å². The molecule has 1 fully saturated rings. The van der Waals surface area contributed by atoms with Crippen LogP contribution in [-0.2, 0) is 31.6 Å². The zero-order valence-electron chi connectivity index (χ0n) is 15.8. The zero-order chi connectivity index (χ0) is 24.7. The number of rotatable bonds is 9. The van der Waals surface area contributed by atoms with E-state index in [4.69, 9.17) is 36.8 Å². The molecule has 0 bridgehead atoms. The lowest BCUT2D eigenvalue weighted by molar-refractivity contribution is -0.113. The molecule has 2 heterocycles. The third kappa shape index (κ3) is 6.42. The molecule has 0 spiro atoms. The Morgan fingerprint density at radius 3 is 2.41 bits per heavy atom. The molecule has 2 rings (SSSR count). The standard InChI is InChI=1S/C11H18ClFN3O13P3/c1-5-2-16(10(18)15-8(5)14)9-6(13)7(17)11(3-12,27-9)4-26-31(22,23)29-32(24,25)28-30(19,20)21/h2,6-7,9,17H,3-4H2,1H3,(H,22,23)(H,24,25)(H2,14,15,18)(H2,19,20,21)/t6-,7+,9+,11+/m0/s1. The summed E-state index contributed by atoms with van der Waals surface area (Å²) in [5.41, 5.74) is 2.41. The van der Waals surface area contributed by atoms with Crippen LogP contribution in [-0.4, -0.2) is 64.6 Å². The Morgan fingerprint density at radius 2 is 1.88 bits per heavy atom. The van der Waals surface area contributed by atoms with E-state index in [2.05, 4.69) is 18.1 Å². The number of aryl methyl sites for hydroxylation is 1. The van der Waals surface area contributed by atoms with E-state index in [0.29, 0.717) is 4.57 Å². The van der Waals surface area contributed by atoms with Crippen molar-refractivity contribution in [2.45, 2.75) is 31.0 Å². The lowest BCUT2D eigenvalue weighted by atomic mass is 9.99. The van der Waals surface area contributed by atoms with E-state index < -0.39 is 65.7 Å². The molecule has 32 heavy (non-hydrogen) atoms. The first-order chi connectivity index (χ1) is 14.4. The van der Waals surface area contributed by atoms with Gasteiger partial charge in [0.05, 0.1) is 12.5 Å². The molecule has 0 radical (unpaired) electrons. The van der Waals surface area contributed by atoms with Crippen molar-refractivity contribution in [1.82, 2.24) is 9.55 Å². The molecule has 16 nitrogen and oxygen atoms in total. The third-order valence-electron chi connectivity index (χ3n) is 4.03. The van der Waals surface area contributed by atoms with Crippen molar-refractivity contribution >= 4 is 40.9 Å². The molecule has 2 unspecified atom stereocenters. The fraction of sp³-hybridized carbons (Fsp3) is 0.636. The summed E-state index contributed by atoms with van der Waals surface area (Å²) in [4.78, 5) is 51.2.